The zero-order chi connectivity index (χ0) is 15.6. The Balaban J connectivity index is 2.09. The quantitative estimate of drug-likeness (QED) is 0.878. The monoisotopic (exact) mass is 321 g/mol. The van der Waals surface area contributed by atoms with Crippen LogP contribution in [0.4, 0.5) is 23.7 Å². The molecule has 1 aromatic rings. The van der Waals surface area contributed by atoms with Crippen molar-refractivity contribution in [3.63, 3.8) is 0 Å². The zero-order valence-electron chi connectivity index (χ0n) is 11.1. The number of amides is 2. The fourth-order valence-electron chi connectivity index (χ4n) is 2.34. The normalized spacial score (nSPS) is 16.9. The molecule has 0 saturated carbocycles. The van der Waals surface area contributed by atoms with Crippen LogP contribution in [0.2, 0.25) is 5.02 Å². The summed E-state index contributed by atoms with van der Waals surface area (Å²) in [5, 5.41) is 2.92. The van der Waals surface area contributed by atoms with Gasteiger partial charge in [-0.15, -0.1) is 0 Å². The average molecular weight is 322 g/mol. The van der Waals surface area contributed by atoms with Crippen LogP contribution in [-0.2, 0) is 6.18 Å². The lowest BCUT2D eigenvalue weighted by molar-refractivity contribution is -0.137. The number of nitrogens with one attached hydrogen (secondary N) is 1. The molecular weight excluding hydrogens is 307 g/mol. The van der Waals surface area contributed by atoms with Gasteiger partial charge < -0.3 is 16.0 Å². The van der Waals surface area contributed by atoms with Crippen molar-refractivity contribution in [3.05, 3.63) is 28.8 Å². The van der Waals surface area contributed by atoms with E-state index >= 15 is 0 Å². The van der Waals surface area contributed by atoms with Gasteiger partial charge in [-0.3, -0.25) is 0 Å². The molecule has 1 aliphatic heterocycles. The molecule has 0 unspecified atom stereocenters. The van der Waals surface area contributed by atoms with Gasteiger partial charge in [-0.05, 0) is 31.0 Å². The van der Waals surface area contributed by atoms with Crippen molar-refractivity contribution < 1.29 is 18.0 Å². The Morgan fingerprint density at radius 2 is 1.95 bits per heavy atom. The molecule has 1 aliphatic rings. The van der Waals surface area contributed by atoms with Crippen LogP contribution < -0.4 is 11.1 Å². The molecule has 0 bridgehead atoms. The summed E-state index contributed by atoms with van der Waals surface area (Å²) >= 11 is 5.63. The third kappa shape index (κ3) is 3.93. The zero-order valence-corrected chi connectivity index (χ0v) is 11.8. The molecule has 116 valence electrons. The van der Waals surface area contributed by atoms with Crippen LogP contribution in [0.1, 0.15) is 18.4 Å². The maximum atomic E-state index is 13.0. The number of primary amides is 1. The molecule has 2 amide bonds. The first-order valence-electron chi connectivity index (χ1n) is 6.45. The number of benzene rings is 1. The molecule has 1 aromatic carbocycles. The van der Waals surface area contributed by atoms with E-state index in [4.69, 9.17) is 17.3 Å². The van der Waals surface area contributed by atoms with Gasteiger partial charge in [-0.25, -0.2) is 4.79 Å². The number of carbonyl (C=O) groups excluding carboxylic acids is 1. The minimum Gasteiger partial charge on any atom is -0.382 e. The number of piperidine rings is 1. The molecular formula is C13H15ClF3N3O. The molecule has 0 atom stereocenters. The van der Waals surface area contributed by atoms with Crippen molar-refractivity contribution in [2.24, 2.45) is 5.73 Å². The van der Waals surface area contributed by atoms with Crippen LogP contribution in [0, 0.1) is 0 Å². The highest BCUT2D eigenvalue weighted by molar-refractivity contribution is 6.30. The summed E-state index contributed by atoms with van der Waals surface area (Å²) in [5.41, 5.74) is 4.39. The van der Waals surface area contributed by atoms with Crippen molar-refractivity contribution in [3.8, 4) is 0 Å². The van der Waals surface area contributed by atoms with Crippen LogP contribution >= 0.6 is 11.6 Å². The fraction of sp³-hybridized carbons (Fsp3) is 0.462. The van der Waals surface area contributed by atoms with E-state index in [2.05, 4.69) is 5.32 Å². The number of alkyl halides is 3. The van der Waals surface area contributed by atoms with E-state index in [1.807, 2.05) is 0 Å². The Kier molecular flexibility index (Phi) is 4.51. The number of hydrogen-bond donors (Lipinski definition) is 2. The molecule has 3 N–H and O–H groups in total. The van der Waals surface area contributed by atoms with Crippen molar-refractivity contribution in [2.45, 2.75) is 25.1 Å². The largest absolute Gasteiger partial charge is 0.418 e. The lowest BCUT2D eigenvalue weighted by atomic mass is 10.0. The van der Waals surface area contributed by atoms with Crippen molar-refractivity contribution in [2.75, 3.05) is 18.4 Å². The molecule has 4 nitrogen and oxygen atoms in total. The van der Waals surface area contributed by atoms with Crippen LogP contribution in [0.25, 0.3) is 0 Å². The van der Waals surface area contributed by atoms with Crippen LogP contribution in [0.15, 0.2) is 18.2 Å². The molecule has 0 aromatic heterocycles. The van der Waals surface area contributed by atoms with Gasteiger partial charge in [0.05, 0.1) is 5.56 Å². The topological polar surface area (TPSA) is 58.4 Å². The molecule has 0 aliphatic carbocycles. The van der Waals surface area contributed by atoms with Gasteiger partial charge in [-0.2, -0.15) is 13.2 Å². The number of anilines is 1. The van der Waals surface area contributed by atoms with Crippen molar-refractivity contribution >= 4 is 23.3 Å². The Morgan fingerprint density at radius 1 is 1.33 bits per heavy atom. The van der Waals surface area contributed by atoms with Crippen molar-refractivity contribution in [1.82, 2.24) is 4.90 Å². The van der Waals surface area contributed by atoms with E-state index in [9.17, 15) is 18.0 Å². The number of carbonyl (C=O) groups is 1. The van der Waals surface area contributed by atoms with Gasteiger partial charge in [0, 0.05) is 29.8 Å². The number of hydrogen-bond acceptors (Lipinski definition) is 2. The lowest BCUT2D eigenvalue weighted by Gasteiger charge is -2.32. The molecule has 0 spiro atoms. The summed E-state index contributed by atoms with van der Waals surface area (Å²) in [6.07, 6.45) is -3.38. The van der Waals surface area contributed by atoms with Crippen molar-refractivity contribution in [1.29, 1.82) is 0 Å². The third-order valence-corrected chi connectivity index (χ3v) is 3.69. The molecule has 1 fully saturated rings. The predicted octanol–water partition coefficient (Wildman–Crippen LogP) is 3.31. The van der Waals surface area contributed by atoms with E-state index < -0.39 is 17.8 Å². The second kappa shape index (κ2) is 6.01. The van der Waals surface area contributed by atoms with Gasteiger partial charge in [0.2, 0.25) is 0 Å². The number of nitrogens with zero attached hydrogens (tertiary/aromatic N) is 1. The number of likely N-dealkylation sites (tertiary alicyclic amines) is 1. The van der Waals surface area contributed by atoms with Gasteiger partial charge in [0.15, 0.2) is 0 Å². The summed E-state index contributed by atoms with van der Waals surface area (Å²) in [7, 11) is 0. The van der Waals surface area contributed by atoms with Gasteiger partial charge in [-0.1, -0.05) is 11.6 Å². The number of urea groups is 1. The van der Waals surface area contributed by atoms with E-state index in [0.29, 0.717) is 25.9 Å². The lowest BCUT2D eigenvalue weighted by Crippen LogP contribution is -2.44. The fourth-order valence-corrected chi connectivity index (χ4v) is 2.51. The van der Waals surface area contributed by atoms with Crippen LogP contribution in [-0.4, -0.2) is 30.1 Å². The molecule has 2 rings (SSSR count). The first kappa shape index (κ1) is 15.8. The van der Waals surface area contributed by atoms with Gasteiger partial charge >= 0.3 is 12.2 Å². The highest BCUT2D eigenvalue weighted by Gasteiger charge is 2.34. The van der Waals surface area contributed by atoms with E-state index in [1.54, 1.807) is 0 Å². The first-order valence-corrected chi connectivity index (χ1v) is 6.83. The minimum absolute atomic E-state index is 0.00410. The highest BCUT2D eigenvalue weighted by atomic mass is 35.5. The van der Waals surface area contributed by atoms with E-state index in [0.717, 1.165) is 6.07 Å². The van der Waals surface area contributed by atoms with Crippen LogP contribution in [0.3, 0.4) is 0 Å². The minimum atomic E-state index is -4.47. The molecule has 1 heterocycles. The Morgan fingerprint density at radius 3 is 2.48 bits per heavy atom. The summed E-state index contributed by atoms with van der Waals surface area (Å²) < 4.78 is 38.9. The summed E-state index contributed by atoms with van der Waals surface area (Å²) in [5.74, 6) is 0. The molecule has 8 heteroatoms. The van der Waals surface area contributed by atoms with Gasteiger partial charge in [0.25, 0.3) is 0 Å². The smallest absolute Gasteiger partial charge is 0.382 e. The Hall–Kier alpha value is -1.63. The standard InChI is InChI=1S/C13H15ClF3N3O/c14-8-1-2-11(10(7-8)13(15,16)17)19-9-3-5-20(6-4-9)12(18)21/h1-2,7,9,19H,3-6H2,(H2,18,21). The Labute approximate surface area is 125 Å². The maximum absolute atomic E-state index is 13.0. The SMILES string of the molecule is NC(=O)N1CCC(Nc2ccc(Cl)cc2C(F)(F)F)CC1. The number of nitrogens with two attached hydrogens (primary N) is 1. The maximum Gasteiger partial charge on any atom is 0.418 e. The molecule has 21 heavy (non-hydrogen) atoms. The van der Waals surface area contributed by atoms with E-state index in [1.165, 1.54) is 17.0 Å². The molecule has 0 radical (unpaired) electrons. The second-order valence-corrected chi connectivity index (χ2v) is 5.37. The van der Waals surface area contributed by atoms with E-state index in [-0.39, 0.29) is 16.8 Å². The Bertz CT molecular complexity index is 528. The number of rotatable bonds is 2. The summed E-state index contributed by atoms with van der Waals surface area (Å²) in [6, 6.07) is 3.00. The van der Waals surface area contributed by atoms with Gasteiger partial charge in [0.1, 0.15) is 0 Å². The third-order valence-electron chi connectivity index (χ3n) is 3.45. The van der Waals surface area contributed by atoms with Crippen LogP contribution in [0.5, 0.6) is 0 Å². The summed E-state index contributed by atoms with van der Waals surface area (Å²) in [6.45, 7) is 0.865. The molecule has 1 saturated heterocycles. The predicted molar refractivity (Wildman–Crippen MR) is 74.3 cm³/mol. The second-order valence-electron chi connectivity index (χ2n) is 4.93. The highest BCUT2D eigenvalue weighted by Crippen LogP contribution is 2.37. The average Bonchev–Trinajstić information content (AvgIpc) is 2.40. The first-order chi connectivity index (χ1) is 9.77. The number of halogens is 4. The summed E-state index contributed by atoms with van der Waals surface area (Å²) in [4.78, 5) is 12.5.